The van der Waals surface area contributed by atoms with Crippen LogP contribution in [0.1, 0.15) is 25.0 Å². The smallest absolute Gasteiger partial charge is 0.239 e. The van der Waals surface area contributed by atoms with E-state index in [0.29, 0.717) is 6.54 Å². The van der Waals surface area contributed by atoms with E-state index in [0.717, 1.165) is 16.9 Å². The molecule has 4 heteroatoms. The van der Waals surface area contributed by atoms with Crippen molar-refractivity contribution in [2.75, 3.05) is 14.2 Å². The second kappa shape index (κ2) is 6.57. The van der Waals surface area contributed by atoms with Crippen LogP contribution in [0.4, 0.5) is 0 Å². The number of nitrogens with two attached hydrogens (primary N) is 1. The Kier molecular flexibility index (Phi) is 5.36. The molecule has 0 aliphatic heterocycles. The van der Waals surface area contributed by atoms with Gasteiger partial charge in [0.25, 0.3) is 0 Å². The number of amides is 1. The van der Waals surface area contributed by atoms with Crippen molar-refractivity contribution < 1.29 is 9.53 Å². The fourth-order valence-electron chi connectivity index (χ4n) is 1.93. The van der Waals surface area contributed by atoms with Crippen molar-refractivity contribution in [3.05, 3.63) is 29.3 Å². The van der Waals surface area contributed by atoms with Crippen LogP contribution >= 0.6 is 0 Å². The van der Waals surface area contributed by atoms with Crippen molar-refractivity contribution in [1.29, 1.82) is 0 Å². The quantitative estimate of drug-likeness (QED) is 0.884. The Balaban J connectivity index is 2.74. The third kappa shape index (κ3) is 3.96. The molecule has 1 rings (SSSR count). The molecule has 1 unspecified atom stereocenters. The third-order valence-electron chi connectivity index (χ3n) is 3.26. The molecule has 19 heavy (non-hydrogen) atoms. The van der Waals surface area contributed by atoms with Crippen LogP contribution in [-0.4, -0.2) is 31.0 Å². The van der Waals surface area contributed by atoms with Gasteiger partial charge < -0.3 is 15.4 Å². The Morgan fingerprint density at radius 1 is 1.42 bits per heavy atom. The number of likely N-dealkylation sites (N-methyl/N-ethyl adjacent to an activating group) is 1. The van der Waals surface area contributed by atoms with Crippen LogP contribution in [0, 0.1) is 12.8 Å². The average molecular weight is 264 g/mol. The maximum absolute atomic E-state index is 12.1. The SMILES string of the molecule is COc1ccc(CN(C)C(=O)C(N)C(C)C)cc1C. The number of hydrogen-bond acceptors (Lipinski definition) is 3. The summed E-state index contributed by atoms with van der Waals surface area (Å²) in [4.78, 5) is 13.7. The van der Waals surface area contributed by atoms with Gasteiger partial charge in [-0.3, -0.25) is 4.79 Å². The minimum atomic E-state index is -0.440. The molecule has 0 aromatic heterocycles. The highest BCUT2D eigenvalue weighted by Crippen LogP contribution is 2.19. The summed E-state index contributed by atoms with van der Waals surface area (Å²) < 4.78 is 5.22. The van der Waals surface area contributed by atoms with E-state index in [4.69, 9.17) is 10.5 Å². The van der Waals surface area contributed by atoms with Gasteiger partial charge in [0.2, 0.25) is 5.91 Å². The van der Waals surface area contributed by atoms with Crippen LogP contribution in [0.15, 0.2) is 18.2 Å². The first-order valence-electron chi connectivity index (χ1n) is 6.51. The zero-order valence-corrected chi connectivity index (χ0v) is 12.4. The van der Waals surface area contributed by atoms with Gasteiger partial charge in [0.1, 0.15) is 5.75 Å². The maximum atomic E-state index is 12.1. The molecule has 2 N–H and O–H groups in total. The Labute approximate surface area is 115 Å². The molecular weight excluding hydrogens is 240 g/mol. The lowest BCUT2D eigenvalue weighted by Gasteiger charge is -2.23. The van der Waals surface area contributed by atoms with Crippen molar-refractivity contribution in [1.82, 2.24) is 4.90 Å². The number of ether oxygens (including phenoxy) is 1. The number of carbonyl (C=O) groups is 1. The lowest BCUT2D eigenvalue weighted by molar-refractivity contribution is -0.132. The summed E-state index contributed by atoms with van der Waals surface area (Å²) in [6.07, 6.45) is 0. The van der Waals surface area contributed by atoms with Gasteiger partial charge in [-0.15, -0.1) is 0 Å². The lowest BCUT2D eigenvalue weighted by atomic mass is 10.0. The molecule has 0 aliphatic rings. The predicted octanol–water partition coefficient (Wildman–Crippen LogP) is 1.95. The normalized spacial score (nSPS) is 12.4. The number of methoxy groups -OCH3 is 1. The molecule has 0 aliphatic carbocycles. The maximum Gasteiger partial charge on any atom is 0.239 e. The predicted molar refractivity (Wildman–Crippen MR) is 77.0 cm³/mol. The van der Waals surface area contributed by atoms with Crippen molar-refractivity contribution in [3.8, 4) is 5.75 Å². The highest BCUT2D eigenvalue weighted by molar-refractivity contribution is 5.81. The Hall–Kier alpha value is -1.55. The Morgan fingerprint density at radius 2 is 2.05 bits per heavy atom. The van der Waals surface area contributed by atoms with Gasteiger partial charge >= 0.3 is 0 Å². The van der Waals surface area contributed by atoms with Gasteiger partial charge in [-0.05, 0) is 30.0 Å². The number of benzene rings is 1. The topological polar surface area (TPSA) is 55.6 Å². The highest BCUT2D eigenvalue weighted by atomic mass is 16.5. The van der Waals surface area contributed by atoms with Crippen LogP contribution < -0.4 is 10.5 Å². The van der Waals surface area contributed by atoms with Gasteiger partial charge in [0.05, 0.1) is 13.2 Å². The Morgan fingerprint density at radius 3 is 2.53 bits per heavy atom. The molecular formula is C15H24N2O2. The molecule has 0 radical (unpaired) electrons. The van der Waals surface area contributed by atoms with Gasteiger partial charge in [-0.25, -0.2) is 0 Å². The molecule has 0 fully saturated rings. The first kappa shape index (κ1) is 15.5. The molecule has 0 saturated heterocycles. The molecule has 0 bridgehead atoms. The van der Waals surface area contributed by atoms with Crippen molar-refractivity contribution >= 4 is 5.91 Å². The van der Waals surface area contributed by atoms with Crippen molar-refractivity contribution in [2.24, 2.45) is 11.7 Å². The molecule has 1 aromatic rings. The average Bonchev–Trinajstić information content (AvgIpc) is 2.37. The molecule has 1 amide bonds. The van der Waals surface area contributed by atoms with E-state index in [1.54, 1.807) is 19.1 Å². The van der Waals surface area contributed by atoms with Gasteiger partial charge in [-0.1, -0.05) is 26.0 Å². The largest absolute Gasteiger partial charge is 0.496 e. The highest BCUT2D eigenvalue weighted by Gasteiger charge is 2.21. The van der Waals surface area contributed by atoms with E-state index in [2.05, 4.69) is 0 Å². The molecule has 0 saturated carbocycles. The first-order valence-corrected chi connectivity index (χ1v) is 6.51. The van der Waals surface area contributed by atoms with E-state index < -0.39 is 6.04 Å². The second-order valence-corrected chi connectivity index (χ2v) is 5.27. The number of nitrogens with zero attached hydrogens (tertiary/aromatic N) is 1. The minimum absolute atomic E-state index is 0.0246. The van der Waals surface area contributed by atoms with E-state index in [9.17, 15) is 4.79 Å². The van der Waals surface area contributed by atoms with E-state index in [-0.39, 0.29) is 11.8 Å². The van der Waals surface area contributed by atoms with E-state index in [1.807, 2.05) is 39.0 Å². The fourth-order valence-corrected chi connectivity index (χ4v) is 1.93. The second-order valence-electron chi connectivity index (χ2n) is 5.27. The molecule has 0 heterocycles. The number of hydrogen-bond donors (Lipinski definition) is 1. The summed E-state index contributed by atoms with van der Waals surface area (Å²) in [7, 11) is 3.43. The molecule has 1 atom stereocenters. The number of carbonyl (C=O) groups excluding carboxylic acids is 1. The standard InChI is InChI=1S/C15H24N2O2/c1-10(2)14(16)15(18)17(4)9-12-6-7-13(19-5)11(3)8-12/h6-8,10,14H,9,16H2,1-5H3. The first-order chi connectivity index (χ1) is 8.86. The molecule has 106 valence electrons. The van der Waals surface area contributed by atoms with Crippen LogP contribution in [0.3, 0.4) is 0 Å². The van der Waals surface area contributed by atoms with Crippen LogP contribution in [0.2, 0.25) is 0 Å². The van der Waals surface area contributed by atoms with E-state index in [1.165, 1.54) is 0 Å². The summed E-state index contributed by atoms with van der Waals surface area (Å²) in [5.41, 5.74) is 8.02. The zero-order chi connectivity index (χ0) is 14.6. The van der Waals surface area contributed by atoms with Crippen LogP contribution in [0.25, 0.3) is 0 Å². The summed E-state index contributed by atoms with van der Waals surface area (Å²) >= 11 is 0. The Bertz CT molecular complexity index is 444. The molecule has 1 aromatic carbocycles. The minimum Gasteiger partial charge on any atom is -0.496 e. The molecule has 0 spiro atoms. The summed E-state index contributed by atoms with van der Waals surface area (Å²) in [5.74, 6) is 0.979. The van der Waals surface area contributed by atoms with Crippen molar-refractivity contribution in [3.63, 3.8) is 0 Å². The lowest BCUT2D eigenvalue weighted by Crippen LogP contribution is -2.44. The van der Waals surface area contributed by atoms with E-state index >= 15 is 0 Å². The molecule has 4 nitrogen and oxygen atoms in total. The number of aryl methyl sites for hydroxylation is 1. The third-order valence-corrected chi connectivity index (χ3v) is 3.26. The fraction of sp³-hybridized carbons (Fsp3) is 0.533. The van der Waals surface area contributed by atoms with Crippen LogP contribution in [-0.2, 0) is 11.3 Å². The van der Waals surface area contributed by atoms with Gasteiger partial charge in [0.15, 0.2) is 0 Å². The zero-order valence-electron chi connectivity index (χ0n) is 12.4. The van der Waals surface area contributed by atoms with Gasteiger partial charge in [0, 0.05) is 13.6 Å². The number of rotatable bonds is 5. The van der Waals surface area contributed by atoms with Crippen molar-refractivity contribution in [2.45, 2.75) is 33.4 Å². The monoisotopic (exact) mass is 264 g/mol. The summed E-state index contributed by atoms with van der Waals surface area (Å²) in [6, 6.07) is 5.48. The summed E-state index contributed by atoms with van der Waals surface area (Å²) in [5, 5.41) is 0. The van der Waals surface area contributed by atoms with Gasteiger partial charge in [-0.2, -0.15) is 0 Å². The van der Waals surface area contributed by atoms with Crippen LogP contribution in [0.5, 0.6) is 5.75 Å². The summed E-state index contributed by atoms with van der Waals surface area (Å²) in [6.45, 7) is 6.45.